The number of carbonyl (C=O) groups excluding carboxylic acids is 3. The summed E-state index contributed by atoms with van der Waals surface area (Å²) in [5.41, 5.74) is 1.65. The van der Waals surface area contributed by atoms with Gasteiger partial charge in [0.1, 0.15) is 6.04 Å². The first-order valence-corrected chi connectivity index (χ1v) is 8.46. The largest absolute Gasteiger partial charge is 0.459 e. The number of furan rings is 1. The maximum absolute atomic E-state index is 12.4. The average Bonchev–Trinajstić information content (AvgIpc) is 3.16. The zero-order chi connectivity index (χ0) is 19.1. The Kier molecular flexibility index (Phi) is 6.54. The standard InChI is InChI=1S/C19H23N3O4/c1-4-9-20-17(23)13(3)21-18(24)14-8-7-12(2)15(11-14)22-19(25)16-6-5-10-26-16/h5-8,10-11,13H,4,9H2,1-3H3,(H,20,23)(H,21,24)(H,22,25). The van der Waals surface area contributed by atoms with E-state index >= 15 is 0 Å². The molecule has 1 aromatic carbocycles. The molecular formula is C19H23N3O4. The number of benzene rings is 1. The van der Waals surface area contributed by atoms with Crippen LogP contribution in [-0.2, 0) is 4.79 Å². The third kappa shape index (κ3) is 4.95. The summed E-state index contributed by atoms with van der Waals surface area (Å²) in [4.78, 5) is 36.4. The van der Waals surface area contributed by atoms with Crippen molar-refractivity contribution in [3.63, 3.8) is 0 Å². The lowest BCUT2D eigenvalue weighted by molar-refractivity contribution is -0.122. The molecule has 0 aliphatic carbocycles. The average molecular weight is 357 g/mol. The SMILES string of the molecule is CCCNC(=O)C(C)NC(=O)c1ccc(C)c(NC(=O)c2ccco2)c1. The van der Waals surface area contributed by atoms with Gasteiger partial charge in [-0.15, -0.1) is 0 Å². The van der Waals surface area contributed by atoms with Gasteiger partial charge in [0.2, 0.25) is 5.91 Å². The van der Waals surface area contributed by atoms with Gasteiger partial charge in [0.25, 0.3) is 11.8 Å². The Morgan fingerprint density at radius 3 is 2.58 bits per heavy atom. The predicted octanol–water partition coefficient (Wildman–Crippen LogP) is 2.48. The third-order valence-electron chi connectivity index (χ3n) is 3.78. The summed E-state index contributed by atoms with van der Waals surface area (Å²) in [7, 11) is 0. The first-order valence-electron chi connectivity index (χ1n) is 8.46. The molecule has 1 heterocycles. The van der Waals surface area contributed by atoms with Crippen molar-refractivity contribution in [2.24, 2.45) is 0 Å². The maximum Gasteiger partial charge on any atom is 0.291 e. The highest BCUT2D eigenvalue weighted by Gasteiger charge is 2.17. The molecule has 7 heteroatoms. The van der Waals surface area contributed by atoms with Crippen LogP contribution in [0.2, 0.25) is 0 Å². The molecule has 0 radical (unpaired) electrons. The van der Waals surface area contributed by atoms with Gasteiger partial charge in [-0.25, -0.2) is 0 Å². The molecule has 3 amide bonds. The molecule has 3 N–H and O–H groups in total. The third-order valence-corrected chi connectivity index (χ3v) is 3.78. The smallest absolute Gasteiger partial charge is 0.291 e. The van der Waals surface area contributed by atoms with Crippen molar-refractivity contribution in [3.05, 3.63) is 53.5 Å². The van der Waals surface area contributed by atoms with Crippen LogP contribution in [0.4, 0.5) is 5.69 Å². The first kappa shape index (κ1) is 19.2. The van der Waals surface area contributed by atoms with E-state index in [0.29, 0.717) is 17.8 Å². The van der Waals surface area contributed by atoms with Crippen LogP contribution in [0.5, 0.6) is 0 Å². The van der Waals surface area contributed by atoms with E-state index in [9.17, 15) is 14.4 Å². The summed E-state index contributed by atoms with van der Waals surface area (Å²) in [6.45, 7) is 5.96. The van der Waals surface area contributed by atoms with Crippen molar-refractivity contribution in [1.29, 1.82) is 0 Å². The number of hydrogen-bond donors (Lipinski definition) is 3. The molecule has 0 bridgehead atoms. The summed E-state index contributed by atoms with van der Waals surface area (Å²) in [5, 5.41) is 8.10. The molecule has 7 nitrogen and oxygen atoms in total. The van der Waals surface area contributed by atoms with Gasteiger partial charge in [-0.3, -0.25) is 14.4 Å². The minimum atomic E-state index is -0.656. The number of anilines is 1. The summed E-state index contributed by atoms with van der Waals surface area (Å²) in [5.74, 6) is -0.847. The summed E-state index contributed by atoms with van der Waals surface area (Å²) < 4.78 is 5.06. The van der Waals surface area contributed by atoms with Crippen LogP contribution >= 0.6 is 0 Å². The quantitative estimate of drug-likeness (QED) is 0.709. The van der Waals surface area contributed by atoms with Crippen molar-refractivity contribution in [2.75, 3.05) is 11.9 Å². The van der Waals surface area contributed by atoms with Crippen molar-refractivity contribution in [1.82, 2.24) is 10.6 Å². The van der Waals surface area contributed by atoms with Gasteiger partial charge in [-0.1, -0.05) is 13.0 Å². The number of rotatable bonds is 7. The van der Waals surface area contributed by atoms with Crippen molar-refractivity contribution >= 4 is 23.4 Å². The zero-order valence-electron chi connectivity index (χ0n) is 15.1. The molecule has 26 heavy (non-hydrogen) atoms. The van der Waals surface area contributed by atoms with Gasteiger partial charge >= 0.3 is 0 Å². The lowest BCUT2D eigenvalue weighted by atomic mass is 10.1. The van der Waals surface area contributed by atoms with Gasteiger partial charge in [0.05, 0.1) is 6.26 Å². The van der Waals surface area contributed by atoms with Crippen LogP contribution < -0.4 is 16.0 Å². The van der Waals surface area contributed by atoms with Crippen molar-refractivity contribution in [3.8, 4) is 0 Å². The van der Waals surface area contributed by atoms with Crippen molar-refractivity contribution in [2.45, 2.75) is 33.2 Å². The maximum atomic E-state index is 12.4. The monoisotopic (exact) mass is 357 g/mol. The molecule has 1 atom stereocenters. The van der Waals surface area contributed by atoms with Crippen LogP contribution in [0.3, 0.4) is 0 Å². The summed E-state index contributed by atoms with van der Waals surface area (Å²) in [6, 6.07) is 7.46. The van der Waals surface area contributed by atoms with Gasteiger partial charge in [0.15, 0.2) is 5.76 Å². The highest BCUT2D eigenvalue weighted by molar-refractivity contribution is 6.04. The Hall–Kier alpha value is -3.09. The number of aryl methyl sites for hydroxylation is 1. The van der Waals surface area contributed by atoms with Gasteiger partial charge in [-0.05, 0) is 50.1 Å². The Balaban J connectivity index is 2.06. The molecule has 0 aliphatic rings. The highest BCUT2D eigenvalue weighted by atomic mass is 16.3. The molecule has 1 unspecified atom stereocenters. The van der Waals surface area contributed by atoms with E-state index in [2.05, 4.69) is 16.0 Å². The first-order chi connectivity index (χ1) is 12.4. The second-order valence-electron chi connectivity index (χ2n) is 5.95. The topological polar surface area (TPSA) is 100 Å². The van der Waals surface area contributed by atoms with E-state index in [0.717, 1.165) is 12.0 Å². The Morgan fingerprint density at radius 2 is 1.92 bits per heavy atom. The van der Waals surface area contributed by atoms with Gasteiger partial charge in [-0.2, -0.15) is 0 Å². The molecule has 0 saturated carbocycles. The number of carbonyl (C=O) groups is 3. The lowest BCUT2D eigenvalue weighted by Gasteiger charge is -2.15. The van der Waals surface area contributed by atoms with E-state index in [1.807, 2.05) is 13.8 Å². The van der Waals surface area contributed by atoms with Crippen LogP contribution in [0.1, 0.15) is 46.7 Å². The van der Waals surface area contributed by atoms with E-state index in [-0.39, 0.29) is 11.7 Å². The Labute approximate surface area is 152 Å². The van der Waals surface area contributed by atoms with Crippen LogP contribution in [-0.4, -0.2) is 30.3 Å². The summed E-state index contributed by atoms with van der Waals surface area (Å²) in [6.07, 6.45) is 2.24. The minimum Gasteiger partial charge on any atom is -0.459 e. The van der Waals surface area contributed by atoms with Gasteiger partial charge < -0.3 is 20.4 Å². The van der Waals surface area contributed by atoms with Crippen molar-refractivity contribution < 1.29 is 18.8 Å². The fraction of sp³-hybridized carbons (Fsp3) is 0.316. The Morgan fingerprint density at radius 1 is 1.15 bits per heavy atom. The zero-order valence-corrected chi connectivity index (χ0v) is 15.1. The molecular weight excluding hydrogens is 334 g/mol. The number of hydrogen-bond acceptors (Lipinski definition) is 4. The van der Waals surface area contributed by atoms with Crippen LogP contribution in [0.15, 0.2) is 41.0 Å². The second kappa shape index (κ2) is 8.84. The molecule has 0 fully saturated rings. The Bertz CT molecular complexity index is 784. The highest BCUT2D eigenvalue weighted by Crippen LogP contribution is 2.18. The normalized spacial score (nSPS) is 11.5. The van der Waals surface area contributed by atoms with Crippen LogP contribution in [0, 0.1) is 6.92 Å². The fourth-order valence-electron chi connectivity index (χ4n) is 2.24. The molecule has 2 rings (SSSR count). The van der Waals surface area contributed by atoms with E-state index < -0.39 is 17.9 Å². The predicted molar refractivity (Wildman–Crippen MR) is 98.1 cm³/mol. The van der Waals surface area contributed by atoms with E-state index in [1.54, 1.807) is 37.3 Å². The second-order valence-corrected chi connectivity index (χ2v) is 5.95. The molecule has 0 saturated heterocycles. The molecule has 138 valence electrons. The van der Waals surface area contributed by atoms with E-state index in [1.165, 1.54) is 6.26 Å². The fourth-order valence-corrected chi connectivity index (χ4v) is 2.24. The molecule has 2 aromatic rings. The van der Waals surface area contributed by atoms with E-state index in [4.69, 9.17) is 4.42 Å². The van der Waals surface area contributed by atoms with Crippen LogP contribution in [0.25, 0.3) is 0 Å². The molecule has 0 aliphatic heterocycles. The molecule has 1 aromatic heterocycles. The summed E-state index contributed by atoms with van der Waals surface area (Å²) >= 11 is 0. The minimum absolute atomic E-state index is 0.181. The number of nitrogens with one attached hydrogen (secondary N) is 3. The lowest BCUT2D eigenvalue weighted by Crippen LogP contribution is -2.45. The number of amides is 3. The van der Waals surface area contributed by atoms with Gasteiger partial charge in [0, 0.05) is 17.8 Å². The molecule has 0 spiro atoms.